The molecule has 0 aliphatic heterocycles. The molecule has 6 aliphatic rings. The number of esters is 2. The molecule has 0 spiro atoms. The number of benzene rings is 4. The van der Waals surface area contributed by atoms with Crippen LogP contribution < -0.4 is 51.1 Å². The SMILES string of the molecule is CN(C)c1ccc(OC(=O)c2cc(=O)c3c(OCC(O)COc4cccc5oc(C(=O)Oc6ccc(N(C)C)c7c6C(O)=C6C(=O)C8(O)C(O)=C(C(N)=O)C(=O)C(N(C)C)C8CC6C7)cc(=O)c45)cccc3o2)c2c1CC1CC3C(N(C)C)C(=O)C(C(N)=O)=C(O)C3(O)C(=O)C1=C2O. The summed E-state index contributed by atoms with van der Waals surface area (Å²) in [6.45, 7) is -1.03. The van der Waals surface area contributed by atoms with Crippen LogP contribution in [-0.4, -0.2) is 191 Å². The number of nitrogens with zero attached hydrogens (tertiary/aromatic N) is 4. The quantitative estimate of drug-likeness (QED) is 0.0382. The Kier molecular flexibility index (Phi) is 16.6. The monoisotopic (exact) mass is 1350 g/mol. The fourth-order valence-electron chi connectivity index (χ4n) is 15.0. The Hall–Kier alpha value is -11.0. The van der Waals surface area contributed by atoms with Crippen molar-refractivity contribution < 1.29 is 102 Å². The number of ketones is 4. The summed E-state index contributed by atoms with van der Waals surface area (Å²) >= 11 is 0. The molecule has 12 rings (SSSR count). The van der Waals surface area contributed by atoms with Gasteiger partial charge in [-0.25, -0.2) is 9.59 Å². The van der Waals surface area contributed by atoms with E-state index in [1.807, 2.05) is 0 Å². The summed E-state index contributed by atoms with van der Waals surface area (Å²) in [6, 6.07) is 13.3. The van der Waals surface area contributed by atoms with Crippen LogP contribution in [0.1, 0.15) is 56.2 Å². The van der Waals surface area contributed by atoms with Crippen molar-refractivity contribution in [3.63, 3.8) is 0 Å². The minimum Gasteiger partial charge on any atom is -0.508 e. The number of nitrogens with two attached hydrogens (primary N) is 2. The minimum absolute atomic E-state index is 0.00322. The van der Waals surface area contributed by atoms with Gasteiger partial charge in [-0.3, -0.25) is 48.2 Å². The first-order valence-corrected chi connectivity index (χ1v) is 30.7. The van der Waals surface area contributed by atoms with E-state index in [9.17, 15) is 83.7 Å². The molecule has 0 radical (unpaired) electrons. The molecule has 8 atom stereocenters. The van der Waals surface area contributed by atoms with Gasteiger partial charge in [-0.2, -0.15) is 0 Å². The maximum Gasteiger partial charge on any atom is 0.379 e. The van der Waals surface area contributed by atoms with Crippen molar-refractivity contribution in [1.29, 1.82) is 0 Å². The number of carbonyl (C=O) groups is 8. The van der Waals surface area contributed by atoms with Crippen molar-refractivity contribution in [3.05, 3.63) is 161 Å². The van der Waals surface area contributed by atoms with Gasteiger partial charge in [0, 0.05) is 74.7 Å². The average molecular weight is 1350 g/mol. The molecule has 0 saturated heterocycles. The molecule has 29 heteroatoms. The largest absolute Gasteiger partial charge is 0.508 e. The number of hydrogen-bond acceptors (Lipinski definition) is 27. The molecule has 510 valence electrons. The first-order valence-electron chi connectivity index (χ1n) is 30.7. The number of amides is 2. The second-order valence-corrected chi connectivity index (χ2v) is 25.8. The molecule has 98 heavy (non-hydrogen) atoms. The standard InChI is InChI=1S/C69H66N6O23/c1-72(2)34-15-17-42(48-30(34)19-27-21-32-54(74(5)6)58(81)52(64(70)87)62(85)68(32,91)60(83)46(27)56(48)79)97-66(89)44-23-36(77)50-38(11-9-13-40(50)95-44)93-25-29(76)26-94-39-12-10-14-41-51(39)37(78)24-45(96-41)67(90)98-43-18-16-35(73(3)4)31-20-28-22-33-55(75(7)8)59(82)53(65(71)88)63(86)69(33,92)61(84)47(28)57(80)49(31)43/h9-18,23-24,27-29,32-33,54-55,76,79-80,85-86,91-92H,19-22,25-26H2,1-8H3,(H2,70,87)(H2,71,88). The van der Waals surface area contributed by atoms with Crippen LogP contribution in [0.5, 0.6) is 23.0 Å². The molecule has 6 aromatic rings. The lowest BCUT2D eigenvalue weighted by Crippen LogP contribution is -2.65. The molecule has 4 aromatic carbocycles. The maximum atomic E-state index is 14.6. The summed E-state index contributed by atoms with van der Waals surface area (Å²) in [6.07, 6.45) is -1.71. The van der Waals surface area contributed by atoms with Crippen LogP contribution in [0.3, 0.4) is 0 Å². The highest BCUT2D eigenvalue weighted by Crippen LogP contribution is 2.56. The van der Waals surface area contributed by atoms with Crippen molar-refractivity contribution in [3.8, 4) is 23.0 Å². The fourth-order valence-corrected chi connectivity index (χ4v) is 15.0. The van der Waals surface area contributed by atoms with E-state index in [0.717, 1.165) is 12.1 Å². The first kappa shape index (κ1) is 67.0. The van der Waals surface area contributed by atoms with E-state index in [2.05, 4.69) is 0 Å². The zero-order chi connectivity index (χ0) is 71.0. The molecule has 6 aliphatic carbocycles. The van der Waals surface area contributed by atoms with Crippen molar-refractivity contribution in [2.75, 3.05) is 79.4 Å². The van der Waals surface area contributed by atoms with Crippen molar-refractivity contribution in [2.24, 2.45) is 35.1 Å². The number of likely N-dealkylation sites (N-methyl/N-ethyl adjacent to an activating group) is 2. The highest BCUT2D eigenvalue weighted by atomic mass is 16.6. The lowest BCUT2D eigenvalue weighted by molar-refractivity contribution is -0.155. The third-order valence-electron chi connectivity index (χ3n) is 19.2. The smallest absolute Gasteiger partial charge is 0.379 e. The van der Waals surface area contributed by atoms with Gasteiger partial charge in [0.15, 0.2) is 33.6 Å². The van der Waals surface area contributed by atoms with Crippen molar-refractivity contribution in [1.82, 2.24) is 9.80 Å². The van der Waals surface area contributed by atoms with Gasteiger partial charge in [0.05, 0.1) is 23.2 Å². The van der Waals surface area contributed by atoms with Crippen LogP contribution in [0.4, 0.5) is 11.4 Å². The second kappa shape index (κ2) is 24.3. The molecule has 8 unspecified atom stereocenters. The molecule has 2 aromatic heterocycles. The number of Topliss-reactive ketones (excluding diaryl/α,β-unsaturated/α-hetero) is 4. The predicted molar refractivity (Wildman–Crippen MR) is 346 cm³/mol. The van der Waals surface area contributed by atoms with Gasteiger partial charge < -0.3 is 84.8 Å². The summed E-state index contributed by atoms with van der Waals surface area (Å²) < 4.78 is 35.1. The fraction of sp³-hybridized carbons (Fsp3) is 0.333. The van der Waals surface area contributed by atoms with Crippen LogP contribution in [0.2, 0.25) is 0 Å². The van der Waals surface area contributed by atoms with Gasteiger partial charge in [-0.15, -0.1) is 0 Å². The topological polar surface area (TPSA) is 441 Å². The normalized spacial score (nSPS) is 23.8. The van der Waals surface area contributed by atoms with E-state index >= 15 is 0 Å². The van der Waals surface area contributed by atoms with E-state index in [4.69, 9.17) is 39.2 Å². The number of fused-ring (bicyclic) bond motifs is 8. The molecule has 2 amide bonds. The van der Waals surface area contributed by atoms with E-state index < -0.39 is 170 Å². The number of aliphatic hydroxyl groups excluding tert-OH is 5. The van der Waals surface area contributed by atoms with Gasteiger partial charge in [0.25, 0.3) is 11.8 Å². The zero-order valence-corrected chi connectivity index (χ0v) is 53.8. The van der Waals surface area contributed by atoms with Crippen LogP contribution in [-0.2, 0) is 41.6 Å². The van der Waals surface area contributed by atoms with Crippen LogP contribution in [0.15, 0.2) is 125 Å². The summed E-state index contributed by atoms with van der Waals surface area (Å²) in [5.41, 5.74) is 2.21. The summed E-state index contributed by atoms with van der Waals surface area (Å²) in [4.78, 5) is 143. The lowest BCUT2D eigenvalue weighted by Gasteiger charge is -2.50. The molecule has 2 fully saturated rings. The molecule has 0 bridgehead atoms. The van der Waals surface area contributed by atoms with Crippen molar-refractivity contribution in [2.45, 2.75) is 55.1 Å². The molecule has 29 nitrogen and oxygen atoms in total. The van der Waals surface area contributed by atoms with Crippen LogP contribution >= 0.6 is 0 Å². The third kappa shape index (κ3) is 10.3. The van der Waals surface area contributed by atoms with Gasteiger partial charge in [0.1, 0.15) is 98.4 Å². The lowest BCUT2D eigenvalue weighted by atomic mass is 9.57. The van der Waals surface area contributed by atoms with E-state index in [-0.39, 0.29) is 92.9 Å². The highest BCUT2D eigenvalue weighted by Gasteiger charge is 2.66. The van der Waals surface area contributed by atoms with Gasteiger partial charge in [0.2, 0.25) is 23.1 Å². The van der Waals surface area contributed by atoms with E-state index in [1.165, 1.54) is 86.5 Å². The number of rotatable bonds is 16. The Morgan fingerprint density at radius 3 is 1.26 bits per heavy atom. The van der Waals surface area contributed by atoms with Gasteiger partial charge >= 0.3 is 11.9 Å². The molecular weight excluding hydrogens is 1280 g/mol. The first-order chi connectivity index (χ1) is 46.2. The molecule has 2 saturated carbocycles. The highest BCUT2D eigenvalue weighted by molar-refractivity contribution is 6.26. The Morgan fingerprint density at radius 2 is 0.918 bits per heavy atom. The summed E-state index contributed by atoms with van der Waals surface area (Å²) in [5.74, 6) is -19.6. The third-order valence-corrected chi connectivity index (χ3v) is 19.2. The van der Waals surface area contributed by atoms with Crippen LogP contribution in [0.25, 0.3) is 33.5 Å². The second-order valence-electron chi connectivity index (χ2n) is 25.8. The number of ether oxygens (including phenoxy) is 4. The van der Waals surface area contributed by atoms with Crippen molar-refractivity contribution >= 4 is 91.7 Å². The Labute approximate surface area is 554 Å². The maximum absolute atomic E-state index is 14.6. The molecule has 2 heterocycles. The minimum atomic E-state index is -2.88. The Balaban J connectivity index is 0.748. The average Bonchev–Trinajstić information content (AvgIpc) is 0.704. The number of anilines is 2. The number of carbonyl (C=O) groups excluding carboxylic acids is 8. The molecule has 11 N–H and O–H groups in total. The zero-order valence-electron chi connectivity index (χ0n) is 53.8. The summed E-state index contributed by atoms with van der Waals surface area (Å²) in [5, 5.41) is 82.0. The van der Waals surface area contributed by atoms with Gasteiger partial charge in [-0.05, 0) is 125 Å². The number of aliphatic hydroxyl groups is 7. The Bertz CT molecular complexity index is 4540. The number of hydrogen-bond donors (Lipinski definition) is 9. The number of primary amides is 2. The Morgan fingerprint density at radius 1 is 0.551 bits per heavy atom. The predicted octanol–water partition coefficient (Wildman–Crippen LogP) is 2.43. The summed E-state index contributed by atoms with van der Waals surface area (Å²) in [7, 11) is 12.8. The van der Waals surface area contributed by atoms with Gasteiger partial charge in [-0.1, -0.05) is 12.1 Å². The molecular formula is C69H66N6O23. The van der Waals surface area contributed by atoms with Crippen LogP contribution in [0, 0.1) is 23.7 Å². The van der Waals surface area contributed by atoms with E-state index in [0.29, 0.717) is 22.5 Å². The van der Waals surface area contributed by atoms with E-state index in [1.54, 1.807) is 50.1 Å².